The van der Waals surface area contributed by atoms with E-state index < -0.39 is 0 Å². The molecule has 0 unspecified atom stereocenters. The van der Waals surface area contributed by atoms with Crippen molar-refractivity contribution in [3.63, 3.8) is 0 Å². The minimum Gasteiger partial charge on any atom is -0.370 e. The summed E-state index contributed by atoms with van der Waals surface area (Å²) in [6.07, 6.45) is 0.976. The second-order valence-electron chi connectivity index (χ2n) is 4.42. The Morgan fingerprint density at radius 1 is 1.33 bits per heavy atom. The molecule has 0 saturated carbocycles. The Morgan fingerprint density at radius 2 is 2.14 bits per heavy atom. The molecule has 2 aromatic rings. The number of hydrogen-bond acceptors (Lipinski definition) is 3. The molecular formula is C15H15BrClN3O. The van der Waals surface area contributed by atoms with Gasteiger partial charge in [0.15, 0.2) is 0 Å². The van der Waals surface area contributed by atoms with Gasteiger partial charge in [0.25, 0.3) is 5.91 Å². The maximum absolute atomic E-state index is 12.3. The molecule has 0 aliphatic heterocycles. The van der Waals surface area contributed by atoms with Crippen molar-refractivity contribution in [3.05, 3.63) is 51.6 Å². The van der Waals surface area contributed by atoms with Gasteiger partial charge in [0.05, 0.1) is 5.02 Å². The number of aromatic nitrogens is 1. The summed E-state index contributed by atoms with van der Waals surface area (Å²) in [6, 6.07) is 10.8. The molecule has 0 radical (unpaired) electrons. The third-order valence-electron chi connectivity index (χ3n) is 2.70. The lowest BCUT2D eigenvalue weighted by molar-refractivity contribution is 0.102. The molecule has 0 spiro atoms. The highest BCUT2D eigenvalue weighted by atomic mass is 79.9. The molecule has 110 valence electrons. The highest BCUT2D eigenvalue weighted by Crippen LogP contribution is 2.20. The number of carbonyl (C=O) groups excluding carboxylic acids is 1. The van der Waals surface area contributed by atoms with Crippen molar-refractivity contribution in [1.82, 2.24) is 4.98 Å². The molecule has 1 amide bonds. The summed E-state index contributed by atoms with van der Waals surface area (Å²) in [7, 11) is 0. The number of anilines is 2. The average molecular weight is 369 g/mol. The zero-order chi connectivity index (χ0) is 15.2. The highest BCUT2D eigenvalue weighted by Gasteiger charge is 2.13. The van der Waals surface area contributed by atoms with Gasteiger partial charge in [0.1, 0.15) is 11.5 Å². The van der Waals surface area contributed by atoms with Crippen molar-refractivity contribution < 1.29 is 4.79 Å². The fraction of sp³-hybridized carbons (Fsp3) is 0.200. The predicted molar refractivity (Wildman–Crippen MR) is 90.1 cm³/mol. The number of carbonyl (C=O) groups is 1. The van der Waals surface area contributed by atoms with Gasteiger partial charge >= 0.3 is 0 Å². The van der Waals surface area contributed by atoms with Gasteiger partial charge in [-0.15, -0.1) is 0 Å². The molecular weight excluding hydrogens is 354 g/mol. The van der Waals surface area contributed by atoms with Crippen LogP contribution >= 0.6 is 27.5 Å². The van der Waals surface area contributed by atoms with Crippen LogP contribution in [0.25, 0.3) is 0 Å². The molecule has 1 aromatic carbocycles. The van der Waals surface area contributed by atoms with E-state index in [9.17, 15) is 4.79 Å². The van der Waals surface area contributed by atoms with E-state index in [2.05, 4.69) is 38.5 Å². The van der Waals surface area contributed by atoms with Crippen LogP contribution in [0.5, 0.6) is 0 Å². The fourth-order valence-corrected chi connectivity index (χ4v) is 2.30. The Kier molecular flexibility index (Phi) is 5.59. The summed E-state index contributed by atoms with van der Waals surface area (Å²) in [5, 5.41) is 6.24. The first-order chi connectivity index (χ1) is 10.1. The van der Waals surface area contributed by atoms with Crippen LogP contribution in [0.3, 0.4) is 0 Å². The Morgan fingerprint density at radius 3 is 2.86 bits per heavy atom. The van der Waals surface area contributed by atoms with E-state index >= 15 is 0 Å². The van der Waals surface area contributed by atoms with Gasteiger partial charge in [0, 0.05) is 16.7 Å². The Balaban J connectivity index is 2.18. The van der Waals surface area contributed by atoms with Crippen LogP contribution in [0.2, 0.25) is 5.02 Å². The lowest BCUT2D eigenvalue weighted by Crippen LogP contribution is -2.15. The summed E-state index contributed by atoms with van der Waals surface area (Å²) in [5.74, 6) is 0.305. The standard InChI is InChI=1S/C15H15BrClN3O/c1-2-8-18-13-7-6-12(17)14(20-13)15(21)19-11-5-3-4-10(16)9-11/h3-7,9H,2,8H2,1H3,(H,18,20)(H,19,21). The van der Waals surface area contributed by atoms with Crippen LogP contribution in [-0.4, -0.2) is 17.4 Å². The zero-order valence-corrected chi connectivity index (χ0v) is 13.8. The van der Waals surface area contributed by atoms with Crippen LogP contribution in [0.1, 0.15) is 23.8 Å². The minimum absolute atomic E-state index is 0.206. The third-order valence-corrected chi connectivity index (χ3v) is 3.50. The van der Waals surface area contributed by atoms with E-state index in [1.54, 1.807) is 18.2 Å². The quantitative estimate of drug-likeness (QED) is 0.812. The van der Waals surface area contributed by atoms with Crippen molar-refractivity contribution in [3.8, 4) is 0 Å². The number of rotatable bonds is 5. The maximum atomic E-state index is 12.3. The monoisotopic (exact) mass is 367 g/mol. The second-order valence-corrected chi connectivity index (χ2v) is 5.74. The normalized spacial score (nSPS) is 10.2. The molecule has 1 heterocycles. The van der Waals surface area contributed by atoms with Crippen LogP contribution in [-0.2, 0) is 0 Å². The van der Waals surface area contributed by atoms with E-state index in [-0.39, 0.29) is 11.6 Å². The molecule has 6 heteroatoms. The summed E-state index contributed by atoms with van der Waals surface area (Å²) in [6.45, 7) is 2.85. The molecule has 0 atom stereocenters. The van der Waals surface area contributed by atoms with E-state index in [0.29, 0.717) is 16.5 Å². The van der Waals surface area contributed by atoms with E-state index in [1.807, 2.05) is 18.2 Å². The number of pyridine rings is 1. The number of halogens is 2. The molecule has 0 aliphatic carbocycles. The first-order valence-electron chi connectivity index (χ1n) is 6.57. The molecule has 1 aromatic heterocycles. The predicted octanol–water partition coefficient (Wildman–Crippen LogP) is 4.57. The van der Waals surface area contributed by atoms with Gasteiger partial charge in [-0.2, -0.15) is 0 Å². The number of nitrogens with zero attached hydrogens (tertiary/aromatic N) is 1. The number of benzene rings is 1. The summed E-state index contributed by atoms with van der Waals surface area (Å²) >= 11 is 9.42. The lowest BCUT2D eigenvalue weighted by Gasteiger charge is -2.09. The van der Waals surface area contributed by atoms with Gasteiger partial charge in [-0.3, -0.25) is 4.79 Å². The maximum Gasteiger partial charge on any atom is 0.275 e. The molecule has 2 N–H and O–H groups in total. The van der Waals surface area contributed by atoms with Crippen molar-refractivity contribution >= 4 is 44.9 Å². The fourth-order valence-electron chi connectivity index (χ4n) is 1.71. The molecule has 4 nitrogen and oxygen atoms in total. The molecule has 0 fully saturated rings. The Labute approximate surface area is 137 Å². The molecule has 21 heavy (non-hydrogen) atoms. The van der Waals surface area contributed by atoms with Crippen molar-refractivity contribution in [1.29, 1.82) is 0 Å². The third kappa shape index (κ3) is 4.44. The van der Waals surface area contributed by atoms with E-state index in [4.69, 9.17) is 11.6 Å². The minimum atomic E-state index is -0.335. The molecule has 0 bridgehead atoms. The summed E-state index contributed by atoms with van der Waals surface area (Å²) in [4.78, 5) is 16.5. The number of amides is 1. The molecule has 0 aliphatic rings. The Bertz CT molecular complexity index is 649. The second kappa shape index (κ2) is 7.43. The van der Waals surface area contributed by atoms with Crippen LogP contribution < -0.4 is 10.6 Å². The summed E-state index contributed by atoms with van der Waals surface area (Å²) in [5.41, 5.74) is 0.886. The molecule has 2 rings (SSSR count). The van der Waals surface area contributed by atoms with Gasteiger partial charge < -0.3 is 10.6 Å². The van der Waals surface area contributed by atoms with E-state index in [0.717, 1.165) is 17.4 Å². The van der Waals surface area contributed by atoms with Gasteiger partial charge in [-0.25, -0.2) is 4.98 Å². The lowest BCUT2D eigenvalue weighted by atomic mass is 10.3. The van der Waals surface area contributed by atoms with Gasteiger partial charge in [-0.05, 0) is 36.8 Å². The van der Waals surface area contributed by atoms with Crippen molar-refractivity contribution in [2.24, 2.45) is 0 Å². The number of hydrogen-bond donors (Lipinski definition) is 2. The van der Waals surface area contributed by atoms with E-state index in [1.165, 1.54) is 0 Å². The average Bonchev–Trinajstić information content (AvgIpc) is 2.46. The SMILES string of the molecule is CCCNc1ccc(Cl)c(C(=O)Nc2cccc(Br)c2)n1. The first-order valence-corrected chi connectivity index (χ1v) is 7.74. The topological polar surface area (TPSA) is 54.0 Å². The number of nitrogens with one attached hydrogen (secondary N) is 2. The van der Waals surface area contributed by atoms with Crippen molar-refractivity contribution in [2.45, 2.75) is 13.3 Å². The largest absolute Gasteiger partial charge is 0.370 e. The Hall–Kier alpha value is -1.59. The smallest absolute Gasteiger partial charge is 0.275 e. The van der Waals surface area contributed by atoms with Crippen LogP contribution in [0.4, 0.5) is 11.5 Å². The first kappa shape index (κ1) is 15.8. The van der Waals surface area contributed by atoms with Gasteiger partial charge in [0.2, 0.25) is 0 Å². The van der Waals surface area contributed by atoms with Gasteiger partial charge in [-0.1, -0.05) is 40.5 Å². The highest BCUT2D eigenvalue weighted by molar-refractivity contribution is 9.10. The zero-order valence-electron chi connectivity index (χ0n) is 11.5. The van der Waals surface area contributed by atoms with Crippen molar-refractivity contribution in [2.75, 3.05) is 17.2 Å². The summed E-state index contributed by atoms with van der Waals surface area (Å²) < 4.78 is 0.887. The van der Waals surface area contributed by atoms with Crippen LogP contribution in [0.15, 0.2) is 40.9 Å². The van der Waals surface area contributed by atoms with Crippen LogP contribution in [0, 0.1) is 0 Å². The molecule has 0 saturated heterocycles.